The van der Waals surface area contributed by atoms with Crippen LogP contribution < -0.4 is 5.32 Å². The van der Waals surface area contributed by atoms with Crippen molar-refractivity contribution < 1.29 is 9.84 Å². The molecule has 2 aliphatic rings. The minimum Gasteiger partial charge on any atom is -0.389 e. The quantitative estimate of drug-likeness (QED) is 0.787. The van der Waals surface area contributed by atoms with Crippen LogP contribution in [-0.2, 0) is 4.74 Å². The van der Waals surface area contributed by atoms with Gasteiger partial charge in [0.2, 0.25) is 0 Å². The molecule has 3 heteroatoms. The topological polar surface area (TPSA) is 41.5 Å². The molecule has 2 N–H and O–H groups in total. The van der Waals surface area contributed by atoms with Gasteiger partial charge in [0.05, 0.1) is 18.8 Å². The Kier molecular flexibility index (Phi) is 6.31. The van der Waals surface area contributed by atoms with Gasteiger partial charge in [0, 0.05) is 12.6 Å². The predicted molar refractivity (Wildman–Crippen MR) is 82.7 cm³/mol. The van der Waals surface area contributed by atoms with Gasteiger partial charge in [0.15, 0.2) is 0 Å². The van der Waals surface area contributed by atoms with Gasteiger partial charge < -0.3 is 15.2 Å². The highest BCUT2D eigenvalue weighted by atomic mass is 16.5. The molecule has 0 saturated heterocycles. The summed E-state index contributed by atoms with van der Waals surface area (Å²) in [6, 6.07) is 0.578. The number of hydrogen-bond acceptors (Lipinski definition) is 3. The SMILES string of the molecule is CC1CCCC(OCC(O)CNC2CCC(C)C2C)C1. The first-order valence-corrected chi connectivity index (χ1v) is 8.59. The van der Waals surface area contributed by atoms with E-state index in [4.69, 9.17) is 4.74 Å². The Bertz CT molecular complexity index is 284. The van der Waals surface area contributed by atoms with Gasteiger partial charge in [0.25, 0.3) is 0 Å². The Morgan fingerprint density at radius 1 is 1.15 bits per heavy atom. The van der Waals surface area contributed by atoms with Crippen LogP contribution in [0.2, 0.25) is 0 Å². The van der Waals surface area contributed by atoms with E-state index < -0.39 is 0 Å². The van der Waals surface area contributed by atoms with Crippen molar-refractivity contribution in [1.82, 2.24) is 5.32 Å². The summed E-state index contributed by atoms with van der Waals surface area (Å²) < 4.78 is 5.89. The fraction of sp³-hybridized carbons (Fsp3) is 1.00. The minimum atomic E-state index is -0.365. The van der Waals surface area contributed by atoms with Crippen LogP contribution in [0.25, 0.3) is 0 Å². The van der Waals surface area contributed by atoms with Crippen LogP contribution in [0.5, 0.6) is 0 Å². The number of aliphatic hydroxyl groups is 1. The lowest BCUT2D eigenvalue weighted by Gasteiger charge is -2.28. The molecule has 0 aromatic rings. The molecule has 118 valence electrons. The summed E-state index contributed by atoms with van der Waals surface area (Å²) >= 11 is 0. The molecule has 0 spiro atoms. The van der Waals surface area contributed by atoms with Crippen molar-refractivity contribution in [1.29, 1.82) is 0 Å². The van der Waals surface area contributed by atoms with E-state index in [9.17, 15) is 5.11 Å². The first-order valence-electron chi connectivity index (χ1n) is 8.59. The van der Waals surface area contributed by atoms with Gasteiger partial charge in [-0.05, 0) is 43.4 Å². The Morgan fingerprint density at radius 2 is 1.95 bits per heavy atom. The number of aliphatic hydroxyl groups excluding tert-OH is 1. The molecular weight excluding hydrogens is 250 g/mol. The van der Waals surface area contributed by atoms with E-state index in [0.29, 0.717) is 25.3 Å². The summed E-state index contributed by atoms with van der Waals surface area (Å²) in [4.78, 5) is 0. The highest BCUT2D eigenvalue weighted by Crippen LogP contribution is 2.31. The molecule has 6 unspecified atom stereocenters. The molecule has 3 nitrogen and oxygen atoms in total. The second-order valence-corrected chi connectivity index (χ2v) is 7.31. The molecule has 0 amide bonds. The average Bonchev–Trinajstić information content (AvgIpc) is 2.74. The van der Waals surface area contributed by atoms with Crippen molar-refractivity contribution in [2.24, 2.45) is 17.8 Å². The van der Waals surface area contributed by atoms with Crippen LogP contribution in [0.1, 0.15) is 59.3 Å². The predicted octanol–water partition coefficient (Wildman–Crippen LogP) is 2.97. The molecule has 0 bridgehead atoms. The highest BCUT2D eigenvalue weighted by Gasteiger charge is 2.29. The number of ether oxygens (including phenoxy) is 1. The number of rotatable bonds is 6. The van der Waals surface area contributed by atoms with E-state index in [2.05, 4.69) is 26.1 Å². The molecular formula is C17H33NO2. The third-order valence-corrected chi connectivity index (χ3v) is 5.49. The lowest BCUT2D eigenvalue weighted by atomic mass is 9.89. The van der Waals surface area contributed by atoms with Crippen LogP contribution in [0.4, 0.5) is 0 Å². The minimum absolute atomic E-state index is 0.365. The zero-order valence-electron chi connectivity index (χ0n) is 13.5. The van der Waals surface area contributed by atoms with Crippen LogP contribution in [0, 0.1) is 17.8 Å². The van der Waals surface area contributed by atoms with Crippen molar-refractivity contribution in [2.75, 3.05) is 13.2 Å². The van der Waals surface area contributed by atoms with Crippen LogP contribution in [0.3, 0.4) is 0 Å². The maximum absolute atomic E-state index is 10.1. The summed E-state index contributed by atoms with van der Waals surface area (Å²) in [6.45, 7) is 8.11. The molecule has 0 aliphatic heterocycles. The molecule has 2 saturated carbocycles. The Hall–Kier alpha value is -0.120. The van der Waals surface area contributed by atoms with Gasteiger partial charge in [-0.2, -0.15) is 0 Å². The maximum atomic E-state index is 10.1. The van der Waals surface area contributed by atoms with Gasteiger partial charge in [-0.15, -0.1) is 0 Å². The van der Waals surface area contributed by atoms with E-state index in [1.165, 1.54) is 32.1 Å². The summed E-state index contributed by atoms with van der Waals surface area (Å²) in [5, 5.41) is 13.6. The second kappa shape index (κ2) is 7.77. The fourth-order valence-corrected chi connectivity index (χ4v) is 3.78. The Labute approximate surface area is 124 Å². The van der Waals surface area contributed by atoms with E-state index in [1.54, 1.807) is 0 Å². The summed E-state index contributed by atoms with van der Waals surface area (Å²) in [7, 11) is 0. The highest BCUT2D eigenvalue weighted by molar-refractivity contribution is 4.85. The van der Waals surface area contributed by atoms with Crippen LogP contribution >= 0.6 is 0 Å². The van der Waals surface area contributed by atoms with Gasteiger partial charge in [-0.1, -0.05) is 33.6 Å². The van der Waals surface area contributed by atoms with Gasteiger partial charge in [-0.3, -0.25) is 0 Å². The normalized spacial score (nSPS) is 39.9. The molecule has 0 aromatic carbocycles. The third-order valence-electron chi connectivity index (χ3n) is 5.49. The van der Waals surface area contributed by atoms with Crippen molar-refractivity contribution in [3.05, 3.63) is 0 Å². The van der Waals surface area contributed by atoms with E-state index in [0.717, 1.165) is 24.2 Å². The lowest BCUT2D eigenvalue weighted by Crippen LogP contribution is -2.40. The smallest absolute Gasteiger partial charge is 0.0897 e. The van der Waals surface area contributed by atoms with E-state index >= 15 is 0 Å². The second-order valence-electron chi connectivity index (χ2n) is 7.31. The molecule has 0 radical (unpaired) electrons. The number of nitrogens with one attached hydrogen (secondary N) is 1. The standard InChI is InChI=1S/C17H33NO2/c1-12-5-4-6-16(9-12)20-11-15(19)10-18-17-8-7-13(2)14(17)3/h12-19H,4-11H2,1-3H3. The Morgan fingerprint density at radius 3 is 2.60 bits per heavy atom. The molecule has 2 aliphatic carbocycles. The summed E-state index contributed by atoms with van der Waals surface area (Å²) in [6.07, 6.45) is 7.51. The lowest BCUT2D eigenvalue weighted by molar-refractivity contribution is -0.0314. The van der Waals surface area contributed by atoms with E-state index in [-0.39, 0.29) is 6.10 Å². The zero-order valence-corrected chi connectivity index (χ0v) is 13.5. The third kappa shape index (κ3) is 4.71. The molecule has 0 heterocycles. The van der Waals surface area contributed by atoms with Crippen LogP contribution in [0.15, 0.2) is 0 Å². The molecule has 0 aromatic heterocycles. The molecule has 20 heavy (non-hydrogen) atoms. The Balaban J connectivity index is 1.59. The average molecular weight is 283 g/mol. The molecule has 2 fully saturated rings. The zero-order chi connectivity index (χ0) is 14.5. The maximum Gasteiger partial charge on any atom is 0.0897 e. The van der Waals surface area contributed by atoms with Crippen molar-refractivity contribution in [3.63, 3.8) is 0 Å². The van der Waals surface area contributed by atoms with Gasteiger partial charge >= 0.3 is 0 Å². The number of hydrogen-bond donors (Lipinski definition) is 2. The first kappa shape index (κ1) is 16.3. The molecule has 6 atom stereocenters. The van der Waals surface area contributed by atoms with Crippen molar-refractivity contribution in [2.45, 2.75) is 77.5 Å². The van der Waals surface area contributed by atoms with Crippen molar-refractivity contribution >= 4 is 0 Å². The van der Waals surface area contributed by atoms with Gasteiger partial charge in [0.1, 0.15) is 0 Å². The first-order chi connectivity index (χ1) is 9.56. The van der Waals surface area contributed by atoms with Crippen molar-refractivity contribution in [3.8, 4) is 0 Å². The summed E-state index contributed by atoms with van der Waals surface area (Å²) in [5.41, 5.74) is 0. The monoisotopic (exact) mass is 283 g/mol. The summed E-state index contributed by atoms with van der Waals surface area (Å²) in [5.74, 6) is 2.32. The van der Waals surface area contributed by atoms with Crippen LogP contribution in [-0.4, -0.2) is 36.5 Å². The van der Waals surface area contributed by atoms with E-state index in [1.807, 2.05) is 0 Å². The molecule has 2 rings (SSSR count). The van der Waals surface area contributed by atoms with Gasteiger partial charge in [-0.25, -0.2) is 0 Å². The largest absolute Gasteiger partial charge is 0.389 e. The fourth-order valence-electron chi connectivity index (χ4n) is 3.78.